The Hall–Kier alpha value is -1.72. The number of hydrogen-bond donors (Lipinski definition) is 0. The second-order valence-corrected chi connectivity index (χ2v) is 7.96. The molecule has 0 unspecified atom stereocenters. The van der Waals surface area contributed by atoms with E-state index in [1.807, 2.05) is 18.9 Å². The van der Waals surface area contributed by atoms with E-state index < -0.39 is 0 Å². The molecule has 0 saturated carbocycles. The molecule has 2 aromatic rings. The molecule has 2 rings (SSSR count). The first kappa shape index (κ1) is 20.6. The minimum absolute atomic E-state index is 0.0702. The lowest BCUT2D eigenvalue weighted by atomic mass is 10.0. The number of hydrogen-bond acceptors (Lipinski definition) is 4. The standard InChI is InChI=1S/C21H31N3OS/c1-8-24(9-2)11-10-23(7)21(25)19-17(6)22-20(26-19)18-15(4)12-14(3)13-16(18)5/h12-13H,8-11H2,1-7H3. The second-order valence-electron chi connectivity index (χ2n) is 6.96. The summed E-state index contributed by atoms with van der Waals surface area (Å²) >= 11 is 1.51. The van der Waals surface area contributed by atoms with Gasteiger partial charge in [-0.15, -0.1) is 11.3 Å². The van der Waals surface area contributed by atoms with Crippen molar-refractivity contribution in [2.45, 2.75) is 41.5 Å². The first-order valence-corrected chi connectivity index (χ1v) is 10.1. The second kappa shape index (κ2) is 8.78. The lowest BCUT2D eigenvalue weighted by Gasteiger charge is -2.22. The van der Waals surface area contributed by atoms with Crippen molar-refractivity contribution in [3.8, 4) is 10.6 Å². The van der Waals surface area contributed by atoms with Gasteiger partial charge in [-0.3, -0.25) is 4.79 Å². The van der Waals surface area contributed by atoms with Gasteiger partial charge in [-0.1, -0.05) is 31.5 Å². The molecule has 0 radical (unpaired) electrons. The Morgan fingerprint density at radius 1 is 1.04 bits per heavy atom. The van der Waals surface area contributed by atoms with Gasteiger partial charge in [0.05, 0.1) is 5.69 Å². The molecule has 1 amide bonds. The minimum atomic E-state index is 0.0702. The maximum Gasteiger partial charge on any atom is 0.265 e. The topological polar surface area (TPSA) is 36.4 Å². The average molecular weight is 374 g/mol. The smallest absolute Gasteiger partial charge is 0.265 e. The fraction of sp³-hybridized carbons (Fsp3) is 0.524. The molecule has 1 heterocycles. The number of amides is 1. The Kier molecular flexibility index (Phi) is 6.95. The molecular weight excluding hydrogens is 342 g/mol. The van der Waals surface area contributed by atoms with Crippen molar-refractivity contribution in [3.05, 3.63) is 39.4 Å². The molecule has 0 atom stereocenters. The Labute approximate surface area is 161 Å². The summed E-state index contributed by atoms with van der Waals surface area (Å²) in [7, 11) is 1.88. The van der Waals surface area contributed by atoms with E-state index >= 15 is 0 Å². The van der Waals surface area contributed by atoms with E-state index in [0.29, 0.717) is 0 Å². The number of thiazole rings is 1. The van der Waals surface area contributed by atoms with E-state index in [9.17, 15) is 4.79 Å². The quantitative estimate of drug-likeness (QED) is 0.719. The van der Waals surface area contributed by atoms with Gasteiger partial charge < -0.3 is 9.80 Å². The molecule has 5 heteroatoms. The van der Waals surface area contributed by atoms with Crippen LogP contribution in [0.4, 0.5) is 0 Å². The fourth-order valence-corrected chi connectivity index (χ4v) is 4.56. The summed E-state index contributed by atoms with van der Waals surface area (Å²) in [5.74, 6) is 0.0702. The molecule has 0 aliphatic heterocycles. The van der Waals surface area contributed by atoms with Crippen LogP contribution < -0.4 is 0 Å². The number of carbonyl (C=O) groups is 1. The van der Waals surface area contributed by atoms with E-state index in [1.54, 1.807) is 0 Å². The summed E-state index contributed by atoms with van der Waals surface area (Å²) < 4.78 is 0. The Bertz CT molecular complexity index is 755. The van der Waals surface area contributed by atoms with Gasteiger partial charge in [0.15, 0.2) is 0 Å². The van der Waals surface area contributed by atoms with Gasteiger partial charge in [-0.05, 0) is 51.9 Å². The van der Waals surface area contributed by atoms with Crippen LogP contribution in [0, 0.1) is 27.7 Å². The number of nitrogens with zero attached hydrogens (tertiary/aromatic N) is 3. The van der Waals surface area contributed by atoms with E-state index in [2.05, 4.69) is 51.7 Å². The molecule has 0 saturated heterocycles. The highest BCUT2D eigenvalue weighted by molar-refractivity contribution is 7.17. The number of aromatic nitrogens is 1. The molecule has 1 aromatic carbocycles. The zero-order chi connectivity index (χ0) is 19.4. The third-order valence-electron chi connectivity index (χ3n) is 4.87. The van der Waals surface area contributed by atoms with E-state index in [4.69, 9.17) is 4.98 Å². The lowest BCUT2D eigenvalue weighted by Crippen LogP contribution is -2.36. The predicted octanol–water partition coefficient (Wildman–Crippen LogP) is 4.46. The van der Waals surface area contributed by atoms with Gasteiger partial charge in [0, 0.05) is 25.7 Å². The highest BCUT2D eigenvalue weighted by Crippen LogP contribution is 2.33. The molecule has 1 aromatic heterocycles. The van der Waals surface area contributed by atoms with Crippen LogP contribution in [0.1, 0.15) is 45.9 Å². The molecule has 142 valence electrons. The normalized spacial score (nSPS) is 11.2. The van der Waals surface area contributed by atoms with Crippen LogP contribution in [-0.4, -0.2) is 53.9 Å². The van der Waals surface area contributed by atoms with Crippen LogP contribution >= 0.6 is 11.3 Å². The summed E-state index contributed by atoms with van der Waals surface area (Å²) in [6, 6.07) is 4.35. The monoisotopic (exact) mass is 373 g/mol. The average Bonchev–Trinajstić information content (AvgIpc) is 2.95. The molecule has 0 fully saturated rings. The first-order chi connectivity index (χ1) is 12.3. The SMILES string of the molecule is CCN(CC)CCN(C)C(=O)c1sc(-c2c(C)cc(C)cc2C)nc1C. The van der Waals surface area contributed by atoms with E-state index in [0.717, 1.165) is 47.3 Å². The molecular formula is C21H31N3OS. The molecule has 26 heavy (non-hydrogen) atoms. The Morgan fingerprint density at radius 2 is 1.62 bits per heavy atom. The number of benzene rings is 1. The van der Waals surface area contributed by atoms with Crippen LogP contribution in [0.25, 0.3) is 10.6 Å². The predicted molar refractivity (Wildman–Crippen MR) is 111 cm³/mol. The maximum absolute atomic E-state index is 12.9. The Morgan fingerprint density at radius 3 is 2.15 bits per heavy atom. The Balaban J connectivity index is 2.24. The number of aryl methyl sites for hydroxylation is 4. The third kappa shape index (κ3) is 4.51. The minimum Gasteiger partial charge on any atom is -0.340 e. The zero-order valence-electron chi connectivity index (χ0n) is 17.1. The van der Waals surface area contributed by atoms with Crippen LogP contribution in [0.2, 0.25) is 0 Å². The van der Waals surface area contributed by atoms with Crippen LogP contribution in [-0.2, 0) is 0 Å². The number of rotatable bonds is 7. The van der Waals surface area contributed by atoms with Gasteiger partial charge in [0.1, 0.15) is 9.88 Å². The highest BCUT2D eigenvalue weighted by atomic mass is 32.1. The van der Waals surface area contributed by atoms with Gasteiger partial charge in [-0.25, -0.2) is 4.98 Å². The van der Waals surface area contributed by atoms with Gasteiger partial charge in [0.2, 0.25) is 0 Å². The van der Waals surface area contributed by atoms with Crippen LogP contribution in [0.3, 0.4) is 0 Å². The number of likely N-dealkylation sites (N-methyl/N-ethyl adjacent to an activating group) is 2. The zero-order valence-corrected chi connectivity index (χ0v) is 18.0. The summed E-state index contributed by atoms with van der Waals surface area (Å²) in [5.41, 5.74) is 5.66. The molecule has 4 nitrogen and oxygen atoms in total. The van der Waals surface area contributed by atoms with Crippen LogP contribution in [0.5, 0.6) is 0 Å². The largest absolute Gasteiger partial charge is 0.340 e. The van der Waals surface area contributed by atoms with Crippen molar-refractivity contribution < 1.29 is 4.79 Å². The van der Waals surface area contributed by atoms with E-state index in [-0.39, 0.29) is 5.91 Å². The van der Waals surface area contributed by atoms with Gasteiger partial charge in [0.25, 0.3) is 5.91 Å². The summed E-state index contributed by atoms with van der Waals surface area (Å²) in [5, 5.41) is 0.943. The van der Waals surface area contributed by atoms with Crippen LogP contribution in [0.15, 0.2) is 12.1 Å². The van der Waals surface area contributed by atoms with Crippen molar-refractivity contribution in [3.63, 3.8) is 0 Å². The van der Waals surface area contributed by atoms with Crippen molar-refractivity contribution in [1.29, 1.82) is 0 Å². The van der Waals surface area contributed by atoms with Crippen molar-refractivity contribution in [2.75, 3.05) is 33.2 Å². The van der Waals surface area contributed by atoms with Gasteiger partial charge in [-0.2, -0.15) is 0 Å². The van der Waals surface area contributed by atoms with Crippen molar-refractivity contribution in [2.24, 2.45) is 0 Å². The van der Waals surface area contributed by atoms with Crippen molar-refractivity contribution in [1.82, 2.24) is 14.8 Å². The lowest BCUT2D eigenvalue weighted by molar-refractivity contribution is 0.0783. The van der Waals surface area contributed by atoms with Crippen molar-refractivity contribution >= 4 is 17.2 Å². The molecule has 0 spiro atoms. The molecule has 0 bridgehead atoms. The third-order valence-corrected chi connectivity index (χ3v) is 6.04. The molecule has 0 N–H and O–H groups in total. The summed E-state index contributed by atoms with van der Waals surface area (Å²) in [6.07, 6.45) is 0. The highest BCUT2D eigenvalue weighted by Gasteiger charge is 2.21. The molecule has 0 aliphatic carbocycles. The fourth-order valence-electron chi connectivity index (χ4n) is 3.33. The first-order valence-electron chi connectivity index (χ1n) is 9.31. The number of carbonyl (C=O) groups excluding carboxylic acids is 1. The van der Waals surface area contributed by atoms with Gasteiger partial charge >= 0.3 is 0 Å². The van der Waals surface area contributed by atoms with E-state index in [1.165, 1.54) is 28.0 Å². The maximum atomic E-state index is 12.9. The molecule has 0 aliphatic rings. The summed E-state index contributed by atoms with van der Waals surface area (Å²) in [4.78, 5) is 22.5. The summed E-state index contributed by atoms with van der Waals surface area (Å²) in [6.45, 7) is 16.2.